The molecule has 21 heavy (non-hydrogen) atoms. The van der Waals surface area contributed by atoms with Gasteiger partial charge >= 0.3 is 5.97 Å². The van der Waals surface area contributed by atoms with Crippen LogP contribution in [0.3, 0.4) is 0 Å². The van der Waals surface area contributed by atoms with Crippen LogP contribution in [0.4, 0.5) is 5.69 Å². The third-order valence-electron chi connectivity index (χ3n) is 2.45. The van der Waals surface area contributed by atoms with E-state index >= 15 is 0 Å². The minimum atomic E-state index is -0.673. The highest BCUT2D eigenvalue weighted by Gasteiger charge is 2.24. The van der Waals surface area contributed by atoms with Crippen molar-refractivity contribution in [1.29, 1.82) is 0 Å². The van der Waals surface area contributed by atoms with Crippen LogP contribution in [0.5, 0.6) is 0 Å². The molecular weight excluding hydrogens is 617 g/mol. The van der Waals surface area contributed by atoms with Crippen LogP contribution in [0.25, 0.3) is 0 Å². The second-order valence-corrected chi connectivity index (χ2v) is 7.41. The van der Waals surface area contributed by atoms with Gasteiger partial charge in [0.1, 0.15) is 0 Å². The summed E-state index contributed by atoms with van der Waals surface area (Å²) in [6.45, 7) is 2.69. The number of amides is 2. The van der Waals surface area contributed by atoms with Crippen LogP contribution in [0.15, 0.2) is 6.07 Å². The Morgan fingerprint density at radius 1 is 1.14 bits per heavy atom. The van der Waals surface area contributed by atoms with Crippen molar-refractivity contribution < 1.29 is 19.2 Å². The molecule has 0 aliphatic carbocycles. The number of hydrogen-bond donors (Lipinski definition) is 1. The van der Waals surface area contributed by atoms with Crippen LogP contribution in [0.2, 0.25) is 0 Å². The maximum Gasteiger partial charge on any atom is 0.365 e. The molecule has 114 valence electrons. The van der Waals surface area contributed by atoms with Crippen molar-refractivity contribution in [2.75, 3.05) is 11.9 Å². The lowest BCUT2D eigenvalue weighted by molar-refractivity contribution is -0.127. The first-order chi connectivity index (χ1) is 9.66. The molecule has 0 radical (unpaired) electrons. The van der Waals surface area contributed by atoms with Crippen molar-refractivity contribution in [2.24, 2.45) is 0 Å². The minimum absolute atomic E-state index is 0.145. The standard InChI is InChI=1S/C12H11I3N2O4/c1-5(18)16-21-12(20)9-7(13)4-8(14)11(10(9)15)17(3)6(2)19/h4H,1-3H3,(H,16,18). The van der Waals surface area contributed by atoms with E-state index in [1.165, 1.54) is 18.7 Å². The molecule has 1 aromatic carbocycles. The number of carbonyl (C=O) groups is 3. The second-order valence-electron chi connectivity index (χ2n) is 4.00. The number of hydroxylamine groups is 1. The van der Waals surface area contributed by atoms with E-state index in [0.717, 1.165) is 3.57 Å². The van der Waals surface area contributed by atoms with Crippen LogP contribution < -0.4 is 10.4 Å². The molecule has 0 saturated carbocycles. The molecule has 0 unspecified atom stereocenters. The van der Waals surface area contributed by atoms with E-state index < -0.39 is 11.9 Å². The zero-order chi connectivity index (χ0) is 16.3. The van der Waals surface area contributed by atoms with Gasteiger partial charge in [-0.1, -0.05) is 0 Å². The highest BCUT2D eigenvalue weighted by atomic mass is 127. The summed E-state index contributed by atoms with van der Waals surface area (Å²) < 4.78 is 2.12. The Kier molecular flexibility index (Phi) is 7.09. The van der Waals surface area contributed by atoms with E-state index in [2.05, 4.69) is 22.6 Å². The normalized spacial score (nSPS) is 10.0. The predicted molar refractivity (Wildman–Crippen MR) is 103 cm³/mol. The number of benzene rings is 1. The number of hydrogen-bond acceptors (Lipinski definition) is 4. The van der Waals surface area contributed by atoms with Crippen molar-refractivity contribution >= 4 is 91.2 Å². The van der Waals surface area contributed by atoms with Gasteiger partial charge in [0.2, 0.25) is 11.8 Å². The van der Waals surface area contributed by atoms with Crippen molar-refractivity contribution in [2.45, 2.75) is 13.8 Å². The van der Waals surface area contributed by atoms with Crippen molar-refractivity contribution in [1.82, 2.24) is 5.48 Å². The molecule has 1 aromatic rings. The maximum absolute atomic E-state index is 12.1. The highest BCUT2D eigenvalue weighted by Crippen LogP contribution is 2.34. The van der Waals surface area contributed by atoms with E-state index in [-0.39, 0.29) is 5.91 Å². The quantitative estimate of drug-likeness (QED) is 0.404. The van der Waals surface area contributed by atoms with Gasteiger partial charge in [-0.3, -0.25) is 9.59 Å². The molecule has 0 heterocycles. The summed E-state index contributed by atoms with van der Waals surface area (Å²) in [7, 11) is 1.64. The summed E-state index contributed by atoms with van der Waals surface area (Å²) in [4.78, 5) is 40.7. The number of nitrogens with one attached hydrogen (secondary N) is 1. The van der Waals surface area contributed by atoms with Crippen molar-refractivity contribution in [3.05, 3.63) is 22.3 Å². The molecule has 0 saturated heterocycles. The van der Waals surface area contributed by atoms with E-state index in [4.69, 9.17) is 4.84 Å². The third kappa shape index (κ3) is 4.64. The fraction of sp³-hybridized carbons (Fsp3) is 0.250. The molecule has 0 atom stereocenters. The van der Waals surface area contributed by atoms with Gasteiger partial charge in [0.05, 0.1) is 14.8 Å². The summed E-state index contributed by atoms with van der Waals surface area (Å²) in [5, 5.41) is 0. The van der Waals surface area contributed by atoms with Gasteiger partial charge in [-0.25, -0.2) is 4.79 Å². The molecule has 2 amide bonds. The van der Waals surface area contributed by atoms with Crippen molar-refractivity contribution in [3.8, 4) is 0 Å². The van der Waals surface area contributed by atoms with Crippen LogP contribution >= 0.6 is 67.8 Å². The number of nitrogens with zero attached hydrogens (tertiary/aromatic N) is 1. The average Bonchev–Trinajstić information content (AvgIpc) is 2.35. The van der Waals surface area contributed by atoms with Crippen molar-refractivity contribution in [3.63, 3.8) is 0 Å². The molecule has 0 spiro atoms. The lowest BCUT2D eigenvalue weighted by Gasteiger charge is -2.21. The Morgan fingerprint density at radius 2 is 1.71 bits per heavy atom. The Labute approximate surface area is 162 Å². The fourth-order valence-electron chi connectivity index (χ4n) is 1.40. The largest absolute Gasteiger partial charge is 0.365 e. The highest BCUT2D eigenvalue weighted by molar-refractivity contribution is 14.1. The number of carbonyl (C=O) groups excluding carboxylic acids is 3. The average molecular weight is 628 g/mol. The molecule has 0 aliphatic heterocycles. The SMILES string of the molecule is CC(=O)NOC(=O)c1c(I)cc(I)c(N(C)C(C)=O)c1I. The predicted octanol–water partition coefficient (Wildman–Crippen LogP) is 2.69. The van der Waals surface area contributed by atoms with Gasteiger partial charge in [0, 0.05) is 28.0 Å². The van der Waals surface area contributed by atoms with Gasteiger partial charge in [-0.15, -0.1) is 0 Å². The van der Waals surface area contributed by atoms with E-state index in [9.17, 15) is 14.4 Å². The van der Waals surface area contributed by atoms with Crippen LogP contribution in [-0.4, -0.2) is 24.8 Å². The monoisotopic (exact) mass is 628 g/mol. The molecule has 6 nitrogen and oxygen atoms in total. The summed E-state index contributed by atoms with van der Waals surface area (Å²) >= 11 is 6.12. The second kappa shape index (κ2) is 7.89. The summed E-state index contributed by atoms with van der Waals surface area (Å²) in [6.07, 6.45) is 0. The topological polar surface area (TPSA) is 75.7 Å². The first-order valence-corrected chi connectivity index (χ1v) is 8.80. The van der Waals surface area contributed by atoms with Crippen LogP contribution in [0, 0.1) is 10.7 Å². The molecule has 0 aliphatic rings. The number of rotatable bonds is 2. The zero-order valence-corrected chi connectivity index (χ0v) is 17.8. The molecule has 0 aromatic heterocycles. The zero-order valence-electron chi connectivity index (χ0n) is 11.3. The molecule has 1 N–H and O–H groups in total. The molecule has 9 heteroatoms. The van der Waals surface area contributed by atoms with Gasteiger partial charge in [-0.05, 0) is 73.8 Å². The third-order valence-corrected chi connectivity index (χ3v) is 5.17. The van der Waals surface area contributed by atoms with Gasteiger partial charge in [0.15, 0.2) is 0 Å². The van der Waals surface area contributed by atoms with Crippen LogP contribution in [0.1, 0.15) is 24.2 Å². The lowest BCUT2D eigenvalue weighted by Crippen LogP contribution is -2.28. The summed E-state index contributed by atoms with van der Waals surface area (Å²) in [6, 6.07) is 1.78. The van der Waals surface area contributed by atoms with E-state index in [1.807, 2.05) is 50.7 Å². The number of halogens is 3. The maximum atomic E-state index is 12.1. The lowest BCUT2D eigenvalue weighted by atomic mass is 10.2. The van der Waals surface area contributed by atoms with E-state index in [0.29, 0.717) is 18.4 Å². The Hall–Kier alpha value is -0.180. The molecular formula is C12H11I3N2O4. The fourth-order valence-corrected chi connectivity index (χ4v) is 5.94. The van der Waals surface area contributed by atoms with Gasteiger partial charge in [0.25, 0.3) is 0 Å². The Balaban J connectivity index is 3.33. The molecule has 1 rings (SSSR count). The van der Waals surface area contributed by atoms with Gasteiger partial charge in [-0.2, -0.15) is 5.48 Å². The minimum Gasteiger partial charge on any atom is -0.335 e. The first-order valence-electron chi connectivity index (χ1n) is 5.56. The molecule has 0 bridgehead atoms. The summed E-state index contributed by atoms with van der Waals surface area (Å²) in [5.74, 6) is -1.29. The smallest absolute Gasteiger partial charge is 0.335 e. The Morgan fingerprint density at radius 3 is 2.19 bits per heavy atom. The number of anilines is 1. The summed E-state index contributed by atoms with van der Waals surface area (Å²) in [5.41, 5.74) is 2.96. The Bertz CT molecular complexity index is 619. The first kappa shape index (κ1) is 18.9. The molecule has 0 fully saturated rings. The van der Waals surface area contributed by atoms with Gasteiger partial charge < -0.3 is 9.74 Å². The van der Waals surface area contributed by atoms with E-state index in [1.54, 1.807) is 13.1 Å². The van der Waals surface area contributed by atoms with Crippen LogP contribution in [-0.2, 0) is 14.4 Å².